The molecule has 1 N–H and O–H groups in total. The highest BCUT2D eigenvalue weighted by Gasteiger charge is 2.26. The molecular weight excluding hydrogens is 378 g/mol. The van der Waals surface area contributed by atoms with E-state index in [4.69, 9.17) is 9.47 Å². The summed E-state index contributed by atoms with van der Waals surface area (Å²) in [5, 5.41) is 10.0. The highest BCUT2D eigenvalue weighted by Crippen LogP contribution is 2.20. The molecule has 0 fully saturated rings. The number of rotatable bonds is 10. The number of hydrogen-bond acceptors (Lipinski definition) is 4. The molecule has 0 aliphatic carbocycles. The molecule has 0 radical (unpaired) electrons. The zero-order valence-electron chi connectivity index (χ0n) is 17.3. The molecule has 0 heterocycles. The first-order valence-electron chi connectivity index (χ1n) is 9.85. The minimum atomic E-state index is -0.833. The van der Waals surface area contributed by atoms with Gasteiger partial charge in [-0.25, -0.2) is 0 Å². The second-order valence-corrected chi connectivity index (χ2v) is 7.14. The van der Waals surface area contributed by atoms with Crippen molar-refractivity contribution in [3.8, 4) is 11.5 Å². The number of hydrogen-bond donors (Lipinski definition) is 1. The van der Waals surface area contributed by atoms with Gasteiger partial charge in [-0.15, -0.1) is 0 Å². The Balaban J connectivity index is 1.87. The molecule has 3 aromatic carbocycles. The Labute approximate surface area is 177 Å². The smallest absolute Gasteiger partial charge is 0.321 e. The maximum atomic E-state index is 12.2. The fraction of sp³-hybridized carbons (Fsp3) is 0.240. The van der Waals surface area contributed by atoms with Gasteiger partial charge in [0.05, 0.1) is 14.2 Å². The summed E-state index contributed by atoms with van der Waals surface area (Å²) in [5.74, 6) is 0.722. The number of benzene rings is 3. The lowest BCUT2D eigenvalue weighted by atomic mass is 10.0. The zero-order valence-corrected chi connectivity index (χ0v) is 17.3. The first kappa shape index (κ1) is 21.4. The van der Waals surface area contributed by atoms with Crippen molar-refractivity contribution in [3.05, 3.63) is 95.6 Å². The predicted octanol–water partition coefficient (Wildman–Crippen LogP) is 4.40. The van der Waals surface area contributed by atoms with E-state index in [2.05, 4.69) is 0 Å². The molecular formula is C25H27NO4. The Morgan fingerprint density at radius 2 is 1.23 bits per heavy atom. The molecule has 5 heteroatoms. The summed E-state index contributed by atoms with van der Waals surface area (Å²) in [7, 11) is 3.26. The van der Waals surface area contributed by atoms with Crippen molar-refractivity contribution in [2.75, 3.05) is 14.2 Å². The van der Waals surface area contributed by atoms with Gasteiger partial charge in [-0.3, -0.25) is 9.69 Å². The second-order valence-electron chi connectivity index (χ2n) is 7.14. The van der Waals surface area contributed by atoms with Crippen LogP contribution in [0.25, 0.3) is 0 Å². The summed E-state index contributed by atoms with van der Waals surface area (Å²) >= 11 is 0. The SMILES string of the molecule is COc1ccc(CN(Cc2ccc(OC)cc2)C(Cc2ccccc2)C(=O)O)cc1. The minimum Gasteiger partial charge on any atom is -0.497 e. The van der Waals surface area contributed by atoms with Gasteiger partial charge in [0.1, 0.15) is 17.5 Å². The quantitative estimate of drug-likeness (QED) is 0.542. The van der Waals surface area contributed by atoms with E-state index in [0.29, 0.717) is 19.5 Å². The highest BCUT2D eigenvalue weighted by molar-refractivity contribution is 5.74. The van der Waals surface area contributed by atoms with Gasteiger partial charge in [-0.1, -0.05) is 54.6 Å². The molecule has 1 unspecified atom stereocenters. The van der Waals surface area contributed by atoms with Gasteiger partial charge in [-0.2, -0.15) is 0 Å². The van der Waals surface area contributed by atoms with Gasteiger partial charge in [0.2, 0.25) is 0 Å². The van der Waals surface area contributed by atoms with Gasteiger partial charge in [0.25, 0.3) is 0 Å². The lowest BCUT2D eigenvalue weighted by Gasteiger charge is -2.29. The van der Waals surface area contributed by atoms with E-state index in [0.717, 1.165) is 28.2 Å². The summed E-state index contributed by atoms with van der Waals surface area (Å²) in [6.07, 6.45) is 0.433. The summed E-state index contributed by atoms with van der Waals surface area (Å²) in [5.41, 5.74) is 3.06. The van der Waals surface area contributed by atoms with Crippen molar-refractivity contribution in [1.82, 2.24) is 4.90 Å². The van der Waals surface area contributed by atoms with Crippen molar-refractivity contribution in [2.24, 2.45) is 0 Å². The largest absolute Gasteiger partial charge is 0.497 e. The molecule has 0 bridgehead atoms. The number of ether oxygens (including phenoxy) is 2. The molecule has 5 nitrogen and oxygen atoms in total. The van der Waals surface area contributed by atoms with Gasteiger partial charge in [0.15, 0.2) is 0 Å². The van der Waals surface area contributed by atoms with Crippen molar-refractivity contribution < 1.29 is 19.4 Å². The third-order valence-corrected chi connectivity index (χ3v) is 5.09. The molecule has 0 aromatic heterocycles. The van der Waals surface area contributed by atoms with Crippen LogP contribution in [0, 0.1) is 0 Å². The van der Waals surface area contributed by atoms with E-state index >= 15 is 0 Å². The van der Waals surface area contributed by atoms with Gasteiger partial charge in [-0.05, 0) is 47.4 Å². The normalized spacial score (nSPS) is 11.8. The van der Waals surface area contributed by atoms with E-state index in [1.807, 2.05) is 83.8 Å². The summed E-state index contributed by atoms with van der Waals surface area (Å²) < 4.78 is 10.5. The topological polar surface area (TPSA) is 59.0 Å². The lowest BCUT2D eigenvalue weighted by molar-refractivity contribution is -0.143. The van der Waals surface area contributed by atoms with Crippen LogP contribution in [0.3, 0.4) is 0 Å². The van der Waals surface area contributed by atoms with Crippen LogP contribution < -0.4 is 9.47 Å². The molecule has 3 aromatic rings. The van der Waals surface area contributed by atoms with Crippen LogP contribution in [0.2, 0.25) is 0 Å². The molecule has 156 valence electrons. The van der Waals surface area contributed by atoms with Crippen LogP contribution in [-0.4, -0.2) is 36.2 Å². The molecule has 0 aliphatic heterocycles. The number of methoxy groups -OCH3 is 2. The summed E-state index contributed by atoms with van der Waals surface area (Å²) in [6.45, 7) is 1.03. The van der Waals surface area contributed by atoms with E-state index in [9.17, 15) is 9.90 Å². The number of carbonyl (C=O) groups is 1. The molecule has 3 rings (SSSR count). The minimum absolute atomic E-state index is 0.433. The van der Waals surface area contributed by atoms with Crippen LogP contribution in [0.1, 0.15) is 16.7 Å². The third kappa shape index (κ3) is 5.84. The predicted molar refractivity (Wildman–Crippen MR) is 117 cm³/mol. The molecule has 0 aliphatic rings. The van der Waals surface area contributed by atoms with Crippen LogP contribution >= 0.6 is 0 Å². The van der Waals surface area contributed by atoms with E-state index in [1.165, 1.54) is 0 Å². The average molecular weight is 405 g/mol. The molecule has 0 spiro atoms. The van der Waals surface area contributed by atoms with Crippen molar-refractivity contribution >= 4 is 5.97 Å². The average Bonchev–Trinajstić information content (AvgIpc) is 2.78. The molecule has 30 heavy (non-hydrogen) atoms. The molecule has 1 atom stereocenters. The molecule has 0 saturated heterocycles. The summed E-state index contributed by atoms with van der Waals surface area (Å²) in [4.78, 5) is 14.2. The van der Waals surface area contributed by atoms with Crippen LogP contribution in [0.15, 0.2) is 78.9 Å². The fourth-order valence-corrected chi connectivity index (χ4v) is 3.42. The van der Waals surface area contributed by atoms with Gasteiger partial charge in [0, 0.05) is 13.1 Å². The van der Waals surface area contributed by atoms with Crippen molar-refractivity contribution in [2.45, 2.75) is 25.6 Å². The monoisotopic (exact) mass is 405 g/mol. The Bertz CT molecular complexity index is 874. The number of carboxylic acid groups (broad SMARTS) is 1. The highest BCUT2D eigenvalue weighted by atomic mass is 16.5. The Kier molecular flexibility index (Phi) is 7.46. The maximum Gasteiger partial charge on any atom is 0.321 e. The molecule has 0 amide bonds. The van der Waals surface area contributed by atoms with Crippen LogP contribution in [0.4, 0.5) is 0 Å². The zero-order chi connectivity index (χ0) is 21.3. The first-order valence-corrected chi connectivity index (χ1v) is 9.85. The third-order valence-electron chi connectivity index (χ3n) is 5.09. The van der Waals surface area contributed by atoms with Crippen molar-refractivity contribution in [3.63, 3.8) is 0 Å². The second kappa shape index (κ2) is 10.5. The molecule has 0 saturated carbocycles. The standard InChI is InChI=1S/C25H27NO4/c1-29-22-12-8-20(9-13-22)17-26(18-21-10-14-23(30-2)15-11-21)24(25(27)28)16-19-6-4-3-5-7-19/h3-15,24H,16-18H2,1-2H3,(H,27,28). The fourth-order valence-electron chi connectivity index (χ4n) is 3.42. The van der Waals surface area contributed by atoms with Gasteiger partial charge >= 0.3 is 5.97 Å². The van der Waals surface area contributed by atoms with E-state index in [-0.39, 0.29) is 0 Å². The maximum absolute atomic E-state index is 12.2. The number of nitrogens with zero attached hydrogens (tertiary/aromatic N) is 1. The van der Waals surface area contributed by atoms with Crippen molar-refractivity contribution in [1.29, 1.82) is 0 Å². The van der Waals surface area contributed by atoms with Crippen LogP contribution in [-0.2, 0) is 24.3 Å². The first-order chi connectivity index (χ1) is 14.6. The Morgan fingerprint density at radius 3 is 1.63 bits per heavy atom. The Hall–Kier alpha value is -3.31. The summed E-state index contributed by atoms with van der Waals surface area (Å²) in [6, 6.07) is 24.6. The number of aliphatic carboxylic acids is 1. The Morgan fingerprint density at radius 1 is 0.767 bits per heavy atom. The number of carboxylic acids is 1. The lowest BCUT2D eigenvalue weighted by Crippen LogP contribution is -2.42. The van der Waals surface area contributed by atoms with E-state index < -0.39 is 12.0 Å². The van der Waals surface area contributed by atoms with Crippen LogP contribution in [0.5, 0.6) is 11.5 Å². The van der Waals surface area contributed by atoms with E-state index in [1.54, 1.807) is 14.2 Å². The van der Waals surface area contributed by atoms with Gasteiger partial charge < -0.3 is 14.6 Å².